The third-order valence-corrected chi connectivity index (χ3v) is 5.45. The third-order valence-electron chi connectivity index (χ3n) is 4.61. The van der Waals surface area contributed by atoms with Crippen LogP contribution < -0.4 is 16.4 Å². The third kappa shape index (κ3) is 3.31. The Bertz CT molecular complexity index is 1000. The lowest BCUT2D eigenvalue weighted by Crippen LogP contribution is -2.71. The maximum Gasteiger partial charge on any atom is 0.512 e. The molecule has 0 saturated carbocycles. The van der Waals surface area contributed by atoms with Crippen LogP contribution in [0.15, 0.2) is 30.2 Å². The molecule has 2 amide bonds. The maximum atomic E-state index is 12.3. The van der Waals surface area contributed by atoms with Crippen molar-refractivity contribution in [3.63, 3.8) is 0 Å². The summed E-state index contributed by atoms with van der Waals surface area (Å²) in [5.41, 5.74) is 7.22. The van der Waals surface area contributed by atoms with Crippen LogP contribution in [-0.4, -0.2) is 51.6 Å². The molecule has 1 aromatic carbocycles. The van der Waals surface area contributed by atoms with E-state index in [1.54, 1.807) is 12.1 Å². The van der Waals surface area contributed by atoms with Crippen molar-refractivity contribution < 1.29 is 24.2 Å². The lowest BCUT2D eigenvalue weighted by Gasteiger charge is -2.48. The van der Waals surface area contributed by atoms with Gasteiger partial charge in [0.05, 0.1) is 22.8 Å². The molecule has 0 unspecified atom stereocenters. The number of thiazole rings is 1. The van der Waals surface area contributed by atoms with Crippen LogP contribution in [0, 0.1) is 0 Å². The van der Waals surface area contributed by atoms with Crippen molar-refractivity contribution in [2.75, 3.05) is 17.6 Å². The van der Waals surface area contributed by atoms with Crippen molar-refractivity contribution in [3.05, 3.63) is 30.2 Å². The SMILES string of the molecule is Nc1nc2ccc(NCC(=O)N[C@@H]3C(=O)N4C(OC(=O)O)=CCC[C@@H]34)cc2s1. The number of ether oxygens (including phenoxy) is 1. The van der Waals surface area contributed by atoms with Gasteiger partial charge in [0.15, 0.2) is 5.13 Å². The van der Waals surface area contributed by atoms with E-state index in [2.05, 4.69) is 20.4 Å². The normalized spacial score (nSPS) is 20.8. The quantitative estimate of drug-likeness (QED) is 0.432. The molecule has 2 aliphatic rings. The molecule has 11 heteroatoms. The fraction of sp³-hybridized carbons (Fsp3) is 0.294. The minimum atomic E-state index is -1.48. The van der Waals surface area contributed by atoms with Crippen molar-refractivity contribution in [2.45, 2.75) is 24.9 Å². The molecule has 2 atom stereocenters. The minimum absolute atomic E-state index is 0.00880. The minimum Gasteiger partial charge on any atom is -0.449 e. The molecule has 0 aliphatic carbocycles. The first-order valence-electron chi connectivity index (χ1n) is 8.55. The molecule has 0 spiro atoms. The summed E-state index contributed by atoms with van der Waals surface area (Å²) in [6, 6.07) is 4.49. The van der Waals surface area contributed by atoms with Gasteiger partial charge in [-0.15, -0.1) is 0 Å². The van der Waals surface area contributed by atoms with Gasteiger partial charge in [-0.1, -0.05) is 11.3 Å². The van der Waals surface area contributed by atoms with E-state index in [1.807, 2.05) is 12.1 Å². The number of carbonyl (C=O) groups is 3. The van der Waals surface area contributed by atoms with Gasteiger partial charge < -0.3 is 26.2 Å². The number of nitrogens with one attached hydrogen (secondary N) is 2. The Morgan fingerprint density at radius 3 is 3.04 bits per heavy atom. The van der Waals surface area contributed by atoms with Gasteiger partial charge in [0.25, 0.3) is 5.91 Å². The smallest absolute Gasteiger partial charge is 0.449 e. The average Bonchev–Trinajstić information content (AvgIpc) is 3.02. The summed E-state index contributed by atoms with van der Waals surface area (Å²) >= 11 is 1.36. The first-order chi connectivity index (χ1) is 13.4. The van der Waals surface area contributed by atoms with Crippen molar-refractivity contribution in [3.8, 4) is 0 Å². The number of carboxylic acid groups (broad SMARTS) is 1. The number of fused-ring (bicyclic) bond motifs is 2. The molecule has 146 valence electrons. The van der Waals surface area contributed by atoms with E-state index in [9.17, 15) is 14.4 Å². The number of benzene rings is 1. The van der Waals surface area contributed by atoms with Crippen molar-refractivity contribution in [2.24, 2.45) is 0 Å². The van der Waals surface area contributed by atoms with Crippen LogP contribution in [0.4, 0.5) is 15.6 Å². The number of anilines is 2. The molecule has 2 aromatic rings. The van der Waals surface area contributed by atoms with Gasteiger partial charge in [-0.3, -0.25) is 14.5 Å². The van der Waals surface area contributed by atoms with Gasteiger partial charge in [-0.25, -0.2) is 9.78 Å². The number of amides is 2. The number of hydrogen-bond acceptors (Lipinski definition) is 8. The fourth-order valence-corrected chi connectivity index (χ4v) is 4.16. The lowest BCUT2D eigenvalue weighted by molar-refractivity contribution is -0.154. The Balaban J connectivity index is 1.33. The molecule has 3 heterocycles. The number of hydrogen-bond donors (Lipinski definition) is 4. The van der Waals surface area contributed by atoms with Crippen LogP contribution >= 0.6 is 11.3 Å². The number of β-lactam (4-membered cyclic amide) rings is 1. The Kier molecular flexibility index (Phi) is 4.51. The van der Waals surface area contributed by atoms with E-state index in [1.165, 1.54) is 16.2 Å². The largest absolute Gasteiger partial charge is 0.512 e. The van der Waals surface area contributed by atoms with Crippen LogP contribution in [0.3, 0.4) is 0 Å². The molecule has 0 radical (unpaired) electrons. The second-order valence-corrected chi connectivity index (χ2v) is 7.46. The van der Waals surface area contributed by atoms with E-state index in [0.717, 1.165) is 15.9 Å². The number of nitrogens with zero attached hydrogens (tertiary/aromatic N) is 2. The zero-order valence-electron chi connectivity index (χ0n) is 14.5. The predicted molar refractivity (Wildman–Crippen MR) is 102 cm³/mol. The van der Waals surface area contributed by atoms with Crippen molar-refractivity contribution in [1.29, 1.82) is 0 Å². The van der Waals surface area contributed by atoms with E-state index >= 15 is 0 Å². The molecule has 0 bridgehead atoms. The summed E-state index contributed by atoms with van der Waals surface area (Å²) in [6.45, 7) is -0.00931. The molecule has 5 N–H and O–H groups in total. The number of allylic oxidation sites excluding steroid dienone is 1. The lowest BCUT2D eigenvalue weighted by atomic mass is 9.88. The standard InChI is InChI=1S/C17H17N5O5S/c18-16-20-9-5-4-8(6-11(9)28-16)19-7-12(23)21-14-10-2-1-3-13(27-17(25)26)22(10)15(14)24/h3-6,10,14,19H,1-2,7H2,(H2,18,20)(H,21,23)(H,25,26)/t10-,14-/m0/s1. The van der Waals surface area contributed by atoms with E-state index in [4.69, 9.17) is 10.8 Å². The summed E-state index contributed by atoms with van der Waals surface area (Å²) in [5, 5.41) is 14.9. The van der Waals surface area contributed by atoms with Gasteiger partial charge in [-0.05, 0) is 37.1 Å². The van der Waals surface area contributed by atoms with Crippen LogP contribution in [0.25, 0.3) is 10.2 Å². The first-order valence-corrected chi connectivity index (χ1v) is 9.37. The highest BCUT2D eigenvalue weighted by atomic mass is 32.1. The Hall–Kier alpha value is -3.34. The molecule has 1 aromatic heterocycles. The summed E-state index contributed by atoms with van der Waals surface area (Å²) < 4.78 is 5.55. The number of aromatic nitrogens is 1. The van der Waals surface area contributed by atoms with Crippen LogP contribution in [0.1, 0.15) is 12.8 Å². The highest BCUT2D eigenvalue weighted by Gasteiger charge is 2.51. The second kappa shape index (κ2) is 7.00. The zero-order valence-corrected chi connectivity index (χ0v) is 15.4. The van der Waals surface area contributed by atoms with Crippen LogP contribution in [0.5, 0.6) is 0 Å². The topological polar surface area (TPSA) is 147 Å². The monoisotopic (exact) mass is 403 g/mol. The van der Waals surface area contributed by atoms with Gasteiger partial charge in [0.1, 0.15) is 6.04 Å². The second-order valence-electron chi connectivity index (χ2n) is 6.40. The zero-order chi connectivity index (χ0) is 19.8. The van der Waals surface area contributed by atoms with Crippen LogP contribution in [0.2, 0.25) is 0 Å². The van der Waals surface area contributed by atoms with Crippen molar-refractivity contribution >= 4 is 50.3 Å². The predicted octanol–water partition coefficient (Wildman–Crippen LogP) is 1.32. The fourth-order valence-electron chi connectivity index (χ4n) is 3.39. The summed E-state index contributed by atoms with van der Waals surface area (Å²) in [5.74, 6) is -0.709. The van der Waals surface area contributed by atoms with Crippen molar-refractivity contribution in [1.82, 2.24) is 15.2 Å². The highest BCUT2D eigenvalue weighted by Crippen LogP contribution is 2.33. The molecular weight excluding hydrogens is 386 g/mol. The van der Waals surface area contributed by atoms with Gasteiger partial charge in [-0.2, -0.15) is 0 Å². The van der Waals surface area contributed by atoms with Gasteiger partial charge in [0, 0.05) is 5.69 Å². The molecule has 2 aliphatic heterocycles. The first kappa shape index (κ1) is 18.0. The van der Waals surface area contributed by atoms with Gasteiger partial charge >= 0.3 is 6.16 Å². The number of nitrogen functional groups attached to an aromatic ring is 1. The van der Waals surface area contributed by atoms with Gasteiger partial charge in [0.2, 0.25) is 11.8 Å². The van der Waals surface area contributed by atoms with E-state index < -0.39 is 12.2 Å². The van der Waals surface area contributed by atoms with Crippen LogP contribution in [-0.2, 0) is 14.3 Å². The molecular formula is C17H17N5O5S. The number of nitrogens with two attached hydrogens (primary N) is 1. The summed E-state index contributed by atoms with van der Waals surface area (Å²) in [6.07, 6.45) is 1.28. The van der Waals surface area contributed by atoms with E-state index in [-0.39, 0.29) is 30.3 Å². The van der Waals surface area contributed by atoms with E-state index in [0.29, 0.717) is 18.0 Å². The maximum absolute atomic E-state index is 12.3. The number of rotatable bonds is 5. The average molecular weight is 403 g/mol. The molecule has 28 heavy (non-hydrogen) atoms. The summed E-state index contributed by atoms with van der Waals surface area (Å²) in [4.78, 5) is 40.7. The number of carbonyl (C=O) groups excluding carboxylic acids is 2. The summed E-state index contributed by atoms with van der Waals surface area (Å²) in [7, 11) is 0. The Labute approximate surface area is 163 Å². The molecule has 1 fully saturated rings. The Morgan fingerprint density at radius 2 is 2.25 bits per heavy atom. The molecule has 4 rings (SSSR count). The highest BCUT2D eigenvalue weighted by molar-refractivity contribution is 7.22. The molecule has 1 saturated heterocycles. The molecule has 10 nitrogen and oxygen atoms in total. The Morgan fingerprint density at radius 1 is 1.43 bits per heavy atom.